The number of nitrogens with two attached hydrogens (primary N) is 1. The van der Waals surface area contributed by atoms with Gasteiger partial charge < -0.3 is 16.0 Å². The van der Waals surface area contributed by atoms with E-state index in [1.165, 1.54) is 6.07 Å². The Kier molecular flexibility index (Phi) is 3.97. The molecule has 0 atom stereocenters. The van der Waals surface area contributed by atoms with Gasteiger partial charge in [-0.3, -0.25) is 9.59 Å². The summed E-state index contributed by atoms with van der Waals surface area (Å²) in [6.45, 7) is 0.500. The Morgan fingerprint density at radius 1 is 1.16 bits per heavy atom. The molecule has 1 aromatic heterocycles. The fourth-order valence-electron chi connectivity index (χ4n) is 1.68. The van der Waals surface area contributed by atoms with Crippen LogP contribution in [0.25, 0.3) is 0 Å². The minimum Gasteiger partial charge on any atom is -0.399 e. The van der Waals surface area contributed by atoms with Gasteiger partial charge in [-0.15, -0.1) is 0 Å². The van der Waals surface area contributed by atoms with Gasteiger partial charge in [0.25, 0.3) is 5.91 Å². The third kappa shape index (κ3) is 3.70. The summed E-state index contributed by atoms with van der Waals surface area (Å²) in [5.41, 5.74) is 7.38. The number of amides is 1. The number of hydrogen-bond donors (Lipinski definition) is 3. The highest BCUT2D eigenvalue weighted by Gasteiger charge is 2.04. The molecule has 1 heterocycles. The highest BCUT2D eigenvalue weighted by molar-refractivity contribution is 5.92. The van der Waals surface area contributed by atoms with E-state index in [9.17, 15) is 9.59 Å². The van der Waals surface area contributed by atoms with Gasteiger partial charge in [0.1, 0.15) is 5.69 Å². The number of anilines is 1. The van der Waals surface area contributed by atoms with Crippen molar-refractivity contribution in [2.45, 2.75) is 6.42 Å². The molecule has 98 valence electrons. The first-order valence-corrected chi connectivity index (χ1v) is 5.97. The third-order valence-electron chi connectivity index (χ3n) is 2.69. The number of rotatable bonds is 4. The molecular weight excluding hydrogens is 242 g/mol. The van der Waals surface area contributed by atoms with E-state index in [0.717, 1.165) is 11.3 Å². The van der Waals surface area contributed by atoms with Crippen molar-refractivity contribution in [1.82, 2.24) is 10.3 Å². The van der Waals surface area contributed by atoms with Crippen molar-refractivity contribution >= 4 is 11.6 Å². The second-order valence-electron chi connectivity index (χ2n) is 4.18. The lowest BCUT2D eigenvalue weighted by molar-refractivity contribution is 0.0949. The van der Waals surface area contributed by atoms with Crippen LogP contribution in [0.3, 0.4) is 0 Å². The summed E-state index contributed by atoms with van der Waals surface area (Å²) in [4.78, 5) is 25.3. The molecule has 0 radical (unpaired) electrons. The van der Waals surface area contributed by atoms with Crippen LogP contribution in [-0.2, 0) is 6.42 Å². The number of aromatic nitrogens is 1. The topological polar surface area (TPSA) is 88.0 Å². The Morgan fingerprint density at radius 2 is 1.89 bits per heavy atom. The number of benzene rings is 1. The second kappa shape index (κ2) is 5.86. The molecule has 2 rings (SSSR count). The van der Waals surface area contributed by atoms with E-state index in [0.29, 0.717) is 13.0 Å². The van der Waals surface area contributed by atoms with Crippen LogP contribution in [0.1, 0.15) is 16.1 Å². The Balaban J connectivity index is 1.87. The molecule has 1 amide bonds. The van der Waals surface area contributed by atoms with E-state index in [1.54, 1.807) is 12.1 Å². The first kappa shape index (κ1) is 12.9. The van der Waals surface area contributed by atoms with Crippen LogP contribution in [-0.4, -0.2) is 17.4 Å². The Morgan fingerprint density at radius 3 is 2.58 bits per heavy atom. The van der Waals surface area contributed by atoms with Gasteiger partial charge >= 0.3 is 0 Å². The largest absolute Gasteiger partial charge is 0.399 e. The van der Waals surface area contributed by atoms with E-state index in [-0.39, 0.29) is 17.2 Å². The summed E-state index contributed by atoms with van der Waals surface area (Å²) in [6, 6.07) is 12.0. The molecule has 0 bridgehead atoms. The molecule has 5 heteroatoms. The first-order chi connectivity index (χ1) is 9.15. The van der Waals surface area contributed by atoms with E-state index in [1.807, 2.05) is 24.3 Å². The predicted octanol–water partition coefficient (Wildman–Crippen LogP) is 0.930. The maximum atomic E-state index is 11.7. The summed E-state index contributed by atoms with van der Waals surface area (Å²) in [5, 5.41) is 2.75. The maximum absolute atomic E-state index is 11.7. The lowest BCUT2D eigenvalue weighted by Gasteiger charge is -2.05. The zero-order valence-electron chi connectivity index (χ0n) is 10.3. The molecule has 5 nitrogen and oxygen atoms in total. The zero-order chi connectivity index (χ0) is 13.7. The molecule has 0 fully saturated rings. The summed E-state index contributed by atoms with van der Waals surface area (Å²) in [6.07, 6.45) is 0.711. The summed E-state index contributed by atoms with van der Waals surface area (Å²) in [5.74, 6) is -0.284. The second-order valence-corrected chi connectivity index (χ2v) is 4.18. The van der Waals surface area contributed by atoms with Gasteiger partial charge in [0.05, 0.1) is 0 Å². The number of H-pyrrole nitrogens is 1. The quantitative estimate of drug-likeness (QED) is 0.712. The van der Waals surface area contributed by atoms with Crippen LogP contribution >= 0.6 is 0 Å². The first-order valence-electron chi connectivity index (χ1n) is 5.97. The molecule has 0 aliphatic carbocycles. The highest BCUT2D eigenvalue weighted by atomic mass is 16.2. The van der Waals surface area contributed by atoms with Crippen LogP contribution < -0.4 is 16.6 Å². The maximum Gasteiger partial charge on any atom is 0.267 e. The van der Waals surface area contributed by atoms with Gasteiger partial charge in [0, 0.05) is 18.3 Å². The Labute approximate surface area is 110 Å². The molecule has 0 aliphatic rings. The fraction of sp³-hybridized carbons (Fsp3) is 0.143. The van der Waals surface area contributed by atoms with Gasteiger partial charge in [0.15, 0.2) is 0 Å². The van der Waals surface area contributed by atoms with Crippen molar-refractivity contribution in [1.29, 1.82) is 0 Å². The van der Waals surface area contributed by atoms with E-state index < -0.39 is 0 Å². The summed E-state index contributed by atoms with van der Waals surface area (Å²) in [7, 11) is 0. The average molecular weight is 257 g/mol. The van der Waals surface area contributed by atoms with Gasteiger partial charge in [-0.05, 0) is 30.2 Å². The lowest BCUT2D eigenvalue weighted by Crippen LogP contribution is -2.28. The molecule has 0 unspecified atom stereocenters. The SMILES string of the molecule is Nc1ccc(CCNC(=O)c2cccc(=O)[nH]2)cc1. The normalized spacial score (nSPS) is 10.1. The zero-order valence-corrected chi connectivity index (χ0v) is 10.3. The molecule has 4 N–H and O–H groups in total. The smallest absolute Gasteiger partial charge is 0.267 e. The molecule has 0 spiro atoms. The number of carbonyl (C=O) groups excluding carboxylic acids is 1. The number of nitrogen functional groups attached to an aromatic ring is 1. The van der Waals surface area contributed by atoms with Crippen LogP contribution in [0.2, 0.25) is 0 Å². The van der Waals surface area contributed by atoms with Gasteiger partial charge in [-0.25, -0.2) is 0 Å². The van der Waals surface area contributed by atoms with Gasteiger partial charge in [-0.1, -0.05) is 18.2 Å². The number of aromatic amines is 1. The molecule has 0 aliphatic heterocycles. The molecular formula is C14H15N3O2. The number of nitrogens with one attached hydrogen (secondary N) is 2. The standard InChI is InChI=1S/C14H15N3O2/c15-11-6-4-10(5-7-11)8-9-16-14(19)12-2-1-3-13(18)17-12/h1-7H,8-9,15H2,(H,16,19)(H,17,18). The van der Waals surface area contributed by atoms with Crippen molar-refractivity contribution in [3.05, 3.63) is 64.1 Å². The molecule has 2 aromatic rings. The summed E-state index contributed by atoms with van der Waals surface area (Å²) < 4.78 is 0. The molecule has 19 heavy (non-hydrogen) atoms. The molecule has 0 saturated carbocycles. The predicted molar refractivity (Wildman–Crippen MR) is 74.0 cm³/mol. The highest BCUT2D eigenvalue weighted by Crippen LogP contribution is 2.05. The van der Waals surface area contributed by atoms with Crippen molar-refractivity contribution < 1.29 is 4.79 Å². The van der Waals surface area contributed by atoms with Crippen molar-refractivity contribution in [3.8, 4) is 0 Å². The Hall–Kier alpha value is -2.56. The van der Waals surface area contributed by atoms with Gasteiger partial charge in [0.2, 0.25) is 5.56 Å². The lowest BCUT2D eigenvalue weighted by atomic mass is 10.1. The minimum atomic E-state index is -0.286. The number of carbonyl (C=O) groups is 1. The monoisotopic (exact) mass is 257 g/mol. The third-order valence-corrected chi connectivity index (χ3v) is 2.69. The number of pyridine rings is 1. The average Bonchev–Trinajstić information content (AvgIpc) is 2.41. The van der Waals surface area contributed by atoms with Crippen molar-refractivity contribution in [3.63, 3.8) is 0 Å². The number of hydrogen-bond acceptors (Lipinski definition) is 3. The minimum absolute atomic E-state index is 0.268. The molecule has 0 saturated heterocycles. The van der Waals surface area contributed by atoms with Crippen molar-refractivity contribution in [2.75, 3.05) is 12.3 Å². The Bertz CT molecular complexity index is 617. The van der Waals surface area contributed by atoms with Crippen molar-refractivity contribution in [2.24, 2.45) is 0 Å². The van der Waals surface area contributed by atoms with Crippen LogP contribution in [0.4, 0.5) is 5.69 Å². The summed E-state index contributed by atoms with van der Waals surface area (Å²) >= 11 is 0. The van der Waals surface area contributed by atoms with E-state index in [4.69, 9.17) is 5.73 Å². The van der Waals surface area contributed by atoms with E-state index >= 15 is 0 Å². The van der Waals surface area contributed by atoms with Crippen LogP contribution in [0.5, 0.6) is 0 Å². The van der Waals surface area contributed by atoms with Gasteiger partial charge in [-0.2, -0.15) is 0 Å². The van der Waals surface area contributed by atoms with E-state index in [2.05, 4.69) is 10.3 Å². The van der Waals surface area contributed by atoms with Crippen LogP contribution in [0, 0.1) is 0 Å². The molecule has 1 aromatic carbocycles. The van der Waals surface area contributed by atoms with Crippen LogP contribution in [0.15, 0.2) is 47.3 Å². The fourth-order valence-corrected chi connectivity index (χ4v) is 1.68.